The third-order valence-corrected chi connectivity index (χ3v) is 6.45. The molecule has 1 atom stereocenters. The minimum absolute atomic E-state index is 0.224. The number of para-hydroxylation sites is 1. The first kappa shape index (κ1) is 22.3. The molecule has 1 aromatic heterocycles. The van der Waals surface area contributed by atoms with Crippen molar-refractivity contribution in [3.63, 3.8) is 0 Å². The summed E-state index contributed by atoms with van der Waals surface area (Å²) in [5.74, 6) is 1.26. The van der Waals surface area contributed by atoms with Crippen molar-refractivity contribution in [2.75, 3.05) is 18.7 Å². The van der Waals surface area contributed by atoms with E-state index >= 15 is 0 Å². The monoisotopic (exact) mass is 460 g/mol. The second kappa shape index (κ2) is 8.37. The zero-order chi connectivity index (χ0) is 23.9. The Labute approximate surface area is 198 Å². The number of hydrogen-bond donors (Lipinski definition) is 2. The predicted octanol–water partition coefficient (Wildman–Crippen LogP) is 6.03. The molecule has 0 saturated carbocycles. The molecule has 0 bridgehead atoms. The number of aliphatic hydroxyl groups is 1. The quantitative estimate of drug-likeness (QED) is 0.354. The van der Waals surface area contributed by atoms with E-state index in [9.17, 15) is 9.50 Å². The summed E-state index contributed by atoms with van der Waals surface area (Å²) in [4.78, 5) is 0. The van der Waals surface area contributed by atoms with E-state index in [1.54, 1.807) is 12.1 Å². The lowest BCUT2D eigenvalue weighted by Gasteiger charge is -2.35. The van der Waals surface area contributed by atoms with E-state index in [1.807, 2.05) is 60.2 Å². The molecule has 6 heteroatoms. The lowest BCUT2D eigenvalue weighted by molar-refractivity contribution is 0.0436. The van der Waals surface area contributed by atoms with Gasteiger partial charge in [-0.25, -0.2) is 4.39 Å². The van der Waals surface area contributed by atoms with E-state index < -0.39 is 5.60 Å². The zero-order valence-electron chi connectivity index (χ0n) is 19.6. The maximum absolute atomic E-state index is 13.4. The van der Waals surface area contributed by atoms with E-state index in [0.717, 1.165) is 39.3 Å². The minimum atomic E-state index is -0.979. The molecule has 0 amide bonds. The van der Waals surface area contributed by atoms with Gasteiger partial charge in [0.1, 0.15) is 5.82 Å². The third kappa shape index (κ3) is 4.21. The molecule has 2 heterocycles. The summed E-state index contributed by atoms with van der Waals surface area (Å²) >= 11 is 0. The van der Waals surface area contributed by atoms with Gasteiger partial charge in [0, 0.05) is 35.1 Å². The number of ether oxygens (including phenoxy) is 2. The second-order valence-corrected chi connectivity index (χ2v) is 9.85. The van der Waals surface area contributed by atoms with Crippen molar-refractivity contribution in [1.29, 1.82) is 0 Å². The molecule has 176 valence electrons. The maximum atomic E-state index is 13.4. The zero-order valence-corrected chi connectivity index (χ0v) is 19.6. The molecular formula is C28H29FN2O3. The van der Waals surface area contributed by atoms with Crippen LogP contribution in [0.1, 0.15) is 32.8 Å². The first-order chi connectivity index (χ1) is 16.2. The molecule has 0 saturated heterocycles. The summed E-state index contributed by atoms with van der Waals surface area (Å²) in [5.41, 5.74) is 2.56. The van der Waals surface area contributed by atoms with Gasteiger partial charge in [-0.3, -0.25) is 0 Å². The second-order valence-electron chi connectivity index (χ2n) is 9.85. The summed E-state index contributed by atoms with van der Waals surface area (Å²) in [5, 5.41) is 15.8. The van der Waals surface area contributed by atoms with Crippen LogP contribution in [0.25, 0.3) is 16.6 Å². The molecule has 1 aliphatic heterocycles. The van der Waals surface area contributed by atoms with Crippen LogP contribution in [0.2, 0.25) is 0 Å². The van der Waals surface area contributed by atoms with Crippen molar-refractivity contribution in [3.8, 4) is 17.2 Å². The van der Waals surface area contributed by atoms with Crippen molar-refractivity contribution in [1.82, 2.24) is 4.57 Å². The van der Waals surface area contributed by atoms with Crippen molar-refractivity contribution < 1.29 is 19.0 Å². The average molecular weight is 461 g/mol. The Kier molecular flexibility index (Phi) is 5.48. The standard InChI is InChI=1S/C28H29FN2O3/c1-27(2,22-6-4-9-25-26(22)34-18-33-25)16-28(3,32)17-30-23-7-5-8-24-21(23)14-15-31(24)20-12-10-19(29)11-13-20/h4-15,30,32H,16-18H2,1-3H3. The molecule has 1 aliphatic rings. The van der Waals surface area contributed by atoms with Gasteiger partial charge in [-0.15, -0.1) is 0 Å². The molecule has 0 fully saturated rings. The van der Waals surface area contributed by atoms with Gasteiger partial charge in [0.15, 0.2) is 11.5 Å². The van der Waals surface area contributed by atoms with E-state index in [1.165, 1.54) is 12.1 Å². The van der Waals surface area contributed by atoms with Crippen LogP contribution in [0, 0.1) is 5.82 Å². The number of fused-ring (bicyclic) bond motifs is 2. The summed E-state index contributed by atoms with van der Waals surface area (Å²) in [7, 11) is 0. The molecule has 0 radical (unpaired) electrons. The fraction of sp³-hybridized carbons (Fsp3) is 0.286. The van der Waals surface area contributed by atoms with Crippen LogP contribution in [0.4, 0.5) is 10.1 Å². The summed E-state index contributed by atoms with van der Waals surface area (Å²) < 4.78 is 26.6. The fourth-order valence-corrected chi connectivity index (χ4v) is 5.01. The van der Waals surface area contributed by atoms with Gasteiger partial charge in [0.25, 0.3) is 0 Å². The van der Waals surface area contributed by atoms with Crippen LogP contribution in [-0.2, 0) is 5.41 Å². The maximum Gasteiger partial charge on any atom is 0.231 e. The minimum Gasteiger partial charge on any atom is -0.454 e. The van der Waals surface area contributed by atoms with Crippen LogP contribution in [-0.4, -0.2) is 28.6 Å². The van der Waals surface area contributed by atoms with Crippen molar-refractivity contribution in [3.05, 3.63) is 84.3 Å². The Balaban J connectivity index is 1.35. The highest BCUT2D eigenvalue weighted by Crippen LogP contribution is 2.44. The van der Waals surface area contributed by atoms with E-state index in [-0.39, 0.29) is 18.0 Å². The van der Waals surface area contributed by atoms with E-state index in [2.05, 4.69) is 19.2 Å². The molecular weight excluding hydrogens is 431 g/mol. The molecule has 1 unspecified atom stereocenters. The molecule has 2 N–H and O–H groups in total. The number of aromatic nitrogens is 1. The lowest BCUT2D eigenvalue weighted by Crippen LogP contribution is -2.40. The van der Waals surface area contributed by atoms with Gasteiger partial charge in [0.2, 0.25) is 6.79 Å². The van der Waals surface area contributed by atoms with Gasteiger partial charge in [-0.1, -0.05) is 32.0 Å². The normalized spacial score (nSPS) is 14.9. The highest BCUT2D eigenvalue weighted by Gasteiger charge is 2.35. The van der Waals surface area contributed by atoms with E-state index in [4.69, 9.17) is 9.47 Å². The van der Waals surface area contributed by atoms with Crippen LogP contribution >= 0.6 is 0 Å². The van der Waals surface area contributed by atoms with Crippen molar-refractivity contribution >= 4 is 16.6 Å². The Morgan fingerprint density at radius 3 is 2.53 bits per heavy atom. The Morgan fingerprint density at radius 1 is 0.971 bits per heavy atom. The average Bonchev–Trinajstić information content (AvgIpc) is 3.45. The van der Waals surface area contributed by atoms with Gasteiger partial charge >= 0.3 is 0 Å². The smallest absolute Gasteiger partial charge is 0.231 e. The number of hydrogen-bond acceptors (Lipinski definition) is 4. The lowest BCUT2D eigenvalue weighted by atomic mass is 9.75. The first-order valence-electron chi connectivity index (χ1n) is 11.4. The number of nitrogens with zero attached hydrogens (tertiary/aromatic N) is 1. The molecule has 5 rings (SSSR count). The van der Waals surface area contributed by atoms with Gasteiger partial charge in [-0.05, 0) is 67.3 Å². The Hall–Kier alpha value is -3.51. The van der Waals surface area contributed by atoms with Crippen molar-refractivity contribution in [2.45, 2.75) is 38.2 Å². The van der Waals surface area contributed by atoms with Crippen LogP contribution in [0.3, 0.4) is 0 Å². The summed E-state index contributed by atoms with van der Waals surface area (Å²) in [6, 6.07) is 20.4. The van der Waals surface area contributed by atoms with Crippen LogP contribution < -0.4 is 14.8 Å². The fourth-order valence-electron chi connectivity index (χ4n) is 5.01. The van der Waals surface area contributed by atoms with E-state index in [0.29, 0.717) is 13.0 Å². The molecule has 3 aromatic carbocycles. The third-order valence-electron chi connectivity index (χ3n) is 6.45. The molecule has 5 nitrogen and oxygen atoms in total. The van der Waals surface area contributed by atoms with Crippen LogP contribution in [0.5, 0.6) is 11.5 Å². The number of rotatable bonds is 7. The first-order valence-corrected chi connectivity index (χ1v) is 11.4. The summed E-state index contributed by atoms with van der Waals surface area (Å²) in [6.45, 7) is 6.68. The highest BCUT2D eigenvalue weighted by molar-refractivity contribution is 5.93. The molecule has 0 spiro atoms. The molecule has 0 aliphatic carbocycles. The number of halogens is 1. The molecule has 34 heavy (non-hydrogen) atoms. The number of nitrogens with one attached hydrogen (secondary N) is 1. The van der Waals surface area contributed by atoms with Crippen LogP contribution in [0.15, 0.2) is 72.9 Å². The van der Waals surface area contributed by atoms with Gasteiger partial charge in [0.05, 0.1) is 11.1 Å². The SMILES string of the molecule is CC(O)(CNc1cccc2c1ccn2-c1ccc(F)cc1)CC(C)(C)c1cccc2c1OCO2. The number of benzene rings is 3. The summed E-state index contributed by atoms with van der Waals surface area (Å²) in [6.07, 6.45) is 2.50. The largest absolute Gasteiger partial charge is 0.454 e. The number of anilines is 1. The van der Waals surface area contributed by atoms with Gasteiger partial charge in [-0.2, -0.15) is 0 Å². The topological polar surface area (TPSA) is 55.7 Å². The van der Waals surface area contributed by atoms with Crippen molar-refractivity contribution in [2.24, 2.45) is 0 Å². The predicted molar refractivity (Wildman–Crippen MR) is 133 cm³/mol. The molecule has 4 aromatic rings. The Morgan fingerprint density at radius 2 is 1.74 bits per heavy atom. The Bertz CT molecular complexity index is 1330. The highest BCUT2D eigenvalue weighted by atomic mass is 19.1. The van der Waals surface area contributed by atoms with Gasteiger partial charge < -0.3 is 24.5 Å².